The van der Waals surface area contributed by atoms with E-state index >= 15 is 0 Å². The number of nitrogens with zero attached hydrogens (tertiary/aromatic N) is 1. The van der Waals surface area contributed by atoms with Crippen LogP contribution in [0.1, 0.15) is 17.3 Å². The van der Waals surface area contributed by atoms with E-state index in [2.05, 4.69) is 27.6 Å². The average Bonchev–Trinajstić information content (AvgIpc) is 2.88. The number of hydrogen-bond acceptors (Lipinski definition) is 2. The van der Waals surface area contributed by atoms with E-state index in [1.54, 1.807) is 12.1 Å². The highest BCUT2D eigenvalue weighted by Gasteiger charge is 2.25. The zero-order valence-corrected chi connectivity index (χ0v) is 13.1. The molecule has 1 aromatic heterocycles. The van der Waals surface area contributed by atoms with Gasteiger partial charge in [-0.25, -0.2) is 4.39 Å². The lowest BCUT2D eigenvalue weighted by Gasteiger charge is -2.18. The minimum Gasteiger partial charge on any atom is -0.360 e. The summed E-state index contributed by atoms with van der Waals surface area (Å²) in [5.74, 6) is -1.77. The number of likely N-dealkylation sites (N-methyl/N-ethyl adjacent to an activating group) is 1. The largest absolute Gasteiger partial charge is 0.360 e. The minimum absolute atomic E-state index is 0.0926. The third-order valence-electron chi connectivity index (χ3n) is 3.12. The second-order valence-electron chi connectivity index (χ2n) is 4.27. The highest BCUT2D eigenvalue weighted by molar-refractivity contribution is 14.1. The Hall–Kier alpha value is -1.44. The number of H-pyrrole nitrogens is 1. The molecule has 0 aliphatic carbocycles. The Kier molecular flexibility index (Phi) is 4.74. The predicted molar refractivity (Wildman–Crippen MR) is 83.7 cm³/mol. The Morgan fingerprint density at radius 3 is 2.80 bits per heavy atom. The molecule has 6 heteroatoms. The summed E-state index contributed by atoms with van der Waals surface area (Å²) in [7, 11) is 0. The Balaban J connectivity index is 2.39. The highest BCUT2D eigenvalue weighted by atomic mass is 127. The van der Waals surface area contributed by atoms with Gasteiger partial charge in [-0.3, -0.25) is 9.59 Å². The molecule has 0 atom stereocenters. The molecule has 106 valence electrons. The summed E-state index contributed by atoms with van der Waals surface area (Å²) in [4.78, 5) is 28.7. The Morgan fingerprint density at radius 2 is 2.15 bits per heavy atom. The standard InChI is InChI=1S/C14H14FIN2O2/c1-2-18(7-6-16)14(20)13(19)9-8-17-11-5-3-4-10(15)12(9)11/h3-5,8,17H,2,6-7H2,1H3. The van der Waals surface area contributed by atoms with Crippen LogP contribution in [0.3, 0.4) is 0 Å². The Morgan fingerprint density at radius 1 is 1.40 bits per heavy atom. The molecule has 0 bridgehead atoms. The quantitative estimate of drug-likeness (QED) is 0.371. The first-order valence-corrected chi connectivity index (χ1v) is 7.77. The monoisotopic (exact) mass is 388 g/mol. The number of aromatic amines is 1. The molecular formula is C14H14FIN2O2. The lowest BCUT2D eigenvalue weighted by molar-refractivity contribution is -0.126. The van der Waals surface area contributed by atoms with Gasteiger partial charge in [0.25, 0.3) is 11.7 Å². The molecule has 0 saturated carbocycles. The van der Waals surface area contributed by atoms with Crippen LogP contribution in [0.5, 0.6) is 0 Å². The first-order chi connectivity index (χ1) is 9.60. The van der Waals surface area contributed by atoms with E-state index < -0.39 is 17.5 Å². The zero-order valence-electron chi connectivity index (χ0n) is 11.0. The summed E-state index contributed by atoms with van der Waals surface area (Å²) in [6.07, 6.45) is 1.39. The maximum absolute atomic E-state index is 13.8. The first kappa shape index (κ1) is 15.0. The van der Waals surface area contributed by atoms with Crippen molar-refractivity contribution < 1.29 is 14.0 Å². The number of amides is 1. The van der Waals surface area contributed by atoms with Crippen LogP contribution in [-0.2, 0) is 4.79 Å². The summed E-state index contributed by atoms with van der Waals surface area (Å²) in [6.45, 7) is 2.78. The number of Topliss-reactive ketones (excluding diaryl/α,β-unsaturated/α-hetero) is 1. The number of ketones is 1. The van der Waals surface area contributed by atoms with Crippen LogP contribution in [0.25, 0.3) is 10.9 Å². The molecule has 0 radical (unpaired) electrons. The number of carbonyl (C=O) groups excluding carboxylic acids is 2. The molecule has 20 heavy (non-hydrogen) atoms. The van der Waals surface area contributed by atoms with Gasteiger partial charge in [-0.15, -0.1) is 0 Å². The van der Waals surface area contributed by atoms with E-state index in [0.717, 1.165) is 4.43 Å². The lowest BCUT2D eigenvalue weighted by atomic mass is 10.1. The van der Waals surface area contributed by atoms with E-state index in [1.165, 1.54) is 17.2 Å². The molecule has 1 aromatic carbocycles. The third kappa shape index (κ3) is 2.70. The molecule has 2 rings (SSSR count). The van der Waals surface area contributed by atoms with Crippen LogP contribution in [0.4, 0.5) is 4.39 Å². The van der Waals surface area contributed by atoms with Gasteiger partial charge in [0, 0.05) is 34.6 Å². The number of benzene rings is 1. The first-order valence-electron chi connectivity index (χ1n) is 6.25. The van der Waals surface area contributed by atoms with E-state index in [-0.39, 0.29) is 10.9 Å². The molecule has 1 heterocycles. The van der Waals surface area contributed by atoms with Gasteiger partial charge >= 0.3 is 0 Å². The van der Waals surface area contributed by atoms with E-state index in [4.69, 9.17) is 0 Å². The maximum Gasteiger partial charge on any atom is 0.295 e. The van der Waals surface area contributed by atoms with Crippen molar-refractivity contribution in [2.45, 2.75) is 6.92 Å². The minimum atomic E-state index is -0.673. The van der Waals surface area contributed by atoms with Crippen LogP contribution in [0.2, 0.25) is 0 Å². The summed E-state index contributed by atoms with van der Waals surface area (Å²) in [5.41, 5.74) is 0.605. The fraction of sp³-hybridized carbons (Fsp3) is 0.286. The van der Waals surface area contributed by atoms with Crippen LogP contribution in [0.15, 0.2) is 24.4 Å². The van der Waals surface area contributed by atoms with Crippen LogP contribution in [0, 0.1) is 5.82 Å². The summed E-state index contributed by atoms with van der Waals surface area (Å²) in [5, 5.41) is 0.177. The Labute approximate surface area is 129 Å². The van der Waals surface area contributed by atoms with Crippen molar-refractivity contribution in [1.29, 1.82) is 0 Å². The smallest absolute Gasteiger partial charge is 0.295 e. The highest BCUT2D eigenvalue weighted by Crippen LogP contribution is 2.22. The fourth-order valence-corrected chi connectivity index (χ4v) is 2.67. The van der Waals surface area contributed by atoms with E-state index in [1.807, 2.05) is 6.92 Å². The predicted octanol–water partition coefficient (Wildman–Crippen LogP) is 2.77. The van der Waals surface area contributed by atoms with Crippen molar-refractivity contribution >= 4 is 45.2 Å². The second kappa shape index (κ2) is 6.34. The van der Waals surface area contributed by atoms with Crippen molar-refractivity contribution in [3.8, 4) is 0 Å². The molecule has 0 aliphatic rings. The third-order valence-corrected chi connectivity index (χ3v) is 3.60. The number of carbonyl (C=O) groups is 2. The number of aromatic nitrogens is 1. The lowest BCUT2D eigenvalue weighted by Crippen LogP contribution is -2.37. The molecule has 0 saturated heterocycles. The van der Waals surface area contributed by atoms with Crippen LogP contribution < -0.4 is 0 Å². The summed E-state index contributed by atoms with van der Waals surface area (Å²) >= 11 is 2.14. The van der Waals surface area contributed by atoms with Crippen LogP contribution in [-0.4, -0.2) is 39.1 Å². The van der Waals surface area contributed by atoms with Crippen molar-refractivity contribution in [2.75, 3.05) is 17.5 Å². The molecule has 0 aliphatic heterocycles. The maximum atomic E-state index is 13.8. The van der Waals surface area contributed by atoms with Gasteiger partial charge in [0.05, 0.1) is 5.56 Å². The van der Waals surface area contributed by atoms with Gasteiger partial charge in [-0.2, -0.15) is 0 Å². The summed E-state index contributed by atoms with van der Waals surface area (Å²) < 4.78 is 14.6. The van der Waals surface area contributed by atoms with Crippen molar-refractivity contribution in [2.24, 2.45) is 0 Å². The van der Waals surface area contributed by atoms with Crippen molar-refractivity contribution in [3.05, 3.63) is 35.8 Å². The molecule has 2 aromatic rings. The topological polar surface area (TPSA) is 53.2 Å². The molecule has 0 spiro atoms. The Bertz CT molecular complexity index is 654. The molecule has 0 fully saturated rings. The van der Waals surface area contributed by atoms with Gasteiger partial charge in [-0.05, 0) is 19.1 Å². The van der Waals surface area contributed by atoms with Crippen LogP contribution >= 0.6 is 22.6 Å². The summed E-state index contributed by atoms with van der Waals surface area (Å²) in [6, 6.07) is 4.50. The van der Waals surface area contributed by atoms with E-state index in [0.29, 0.717) is 18.6 Å². The number of fused-ring (bicyclic) bond motifs is 1. The van der Waals surface area contributed by atoms with Gasteiger partial charge in [0.1, 0.15) is 5.82 Å². The normalized spacial score (nSPS) is 10.8. The average molecular weight is 388 g/mol. The number of halogens is 2. The number of rotatable bonds is 5. The van der Waals surface area contributed by atoms with E-state index in [9.17, 15) is 14.0 Å². The van der Waals surface area contributed by atoms with Gasteiger partial charge in [0.15, 0.2) is 0 Å². The molecule has 1 amide bonds. The molecule has 0 unspecified atom stereocenters. The number of hydrogen-bond donors (Lipinski definition) is 1. The molecule has 4 nitrogen and oxygen atoms in total. The second-order valence-corrected chi connectivity index (χ2v) is 5.35. The molecular weight excluding hydrogens is 374 g/mol. The van der Waals surface area contributed by atoms with Gasteiger partial charge in [-0.1, -0.05) is 28.7 Å². The fourth-order valence-electron chi connectivity index (χ4n) is 2.08. The van der Waals surface area contributed by atoms with Gasteiger partial charge in [0.2, 0.25) is 0 Å². The van der Waals surface area contributed by atoms with Crippen molar-refractivity contribution in [1.82, 2.24) is 9.88 Å². The number of nitrogens with one attached hydrogen (secondary N) is 1. The zero-order chi connectivity index (χ0) is 14.7. The SMILES string of the molecule is CCN(CCI)C(=O)C(=O)c1c[nH]c2cccc(F)c12. The molecule has 1 N–H and O–H groups in total. The number of alkyl halides is 1. The van der Waals surface area contributed by atoms with Crippen molar-refractivity contribution in [3.63, 3.8) is 0 Å². The van der Waals surface area contributed by atoms with Gasteiger partial charge < -0.3 is 9.88 Å².